The molecule has 1 rings (SSSR count). The van der Waals surface area contributed by atoms with E-state index in [4.69, 9.17) is 11.6 Å². The van der Waals surface area contributed by atoms with Crippen LogP contribution in [0.3, 0.4) is 0 Å². The summed E-state index contributed by atoms with van der Waals surface area (Å²) in [6.45, 7) is 1.85. The second-order valence-corrected chi connectivity index (χ2v) is 3.85. The Morgan fingerprint density at radius 3 is 3.00 bits per heavy atom. The lowest BCUT2D eigenvalue weighted by molar-refractivity contribution is 0.850. The quantitative estimate of drug-likeness (QED) is 0.568. The molecule has 0 N–H and O–H groups in total. The van der Waals surface area contributed by atoms with Gasteiger partial charge in [-0.1, -0.05) is 17.5 Å². The minimum absolute atomic E-state index is 0.678. The summed E-state index contributed by atoms with van der Waals surface area (Å²) in [5, 5.41) is 0.678. The molecule has 0 spiro atoms. The Morgan fingerprint density at radius 1 is 1.69 bits per heavy atom. The highest BCUT2D eigenvalue weighted by atomic mass is 35.5. The van der Waals surface area contributed by atoms with E-state index in [-0.39, 0.29) is 0 Å². The first-order valence-corrected chi connectivity index (χ1v) is 5.42. The van der Waals surface area contributed by atoms with E-state index in [1.807, 2.05) is 18.5 Å². The Labute approximate surface area is 87.7 Å². The van der Waals surface area contributed by atoms with Crippen molar-refractivity contribution in [2.45, 2.75) is 12.7 Å². The van der Waals surface area contributed by atoms with Gasteiger partial charge in [0.2, 0.25) is 0 Å². The number of halogens is 1. The van der Waals surface area contributed by atoms with Crippen molar-refractivity contribution in [3.63, 3.8) is 0 Å². The fourth-order valence-electron chi connectivity index (χ4n) is 0.824. The van der Waals surface area contributed by atoms with E-state index in [1.165, 1.54) is 0 Å². The van der Waals surface area contributed by atoms with Crippen molar-refractivity contribution in [1.29, 1.82) is 0 Å². The molecule has 0 aliphatic rings. The van der Waals surface area contributed by atoms with E-state index < -0.39 is 0 Å². The molecule has 0 radical (unpaired) electrons. The van der Waals surface area contributed by atoms with Gasteiger partial charge in [0.05, 0.1) is 17.7 Å². The van der Waals surface area contributed by atoms with Gasteiger partial charge in [0, 0.05) is 7.05 Å². The third kappa shape index (κ3) is 2.98. The Morgan fingerprint density at radius 2 is 2.46 bits per heavy atom. The number of hydrogen-bond donors (Lipinski definition) is 0. The first-order valence-electron chi connectivity index (χ1n) is 3.89. The Kier molecular flexibility index (Phi) is 4.20. The molecule has 0 aromatic carbocycles. The lowest BCUT2D eigenvalue weighted by atomic mass is 10.7. The van der Waals surface area contributed by atoms with Crippen LogP contribution in [-0.2, 0) is 12.8 Å². The van der Waals surface area contributed by atoms with Crippen LogP contribution in [0.1, 0.15) is 12.7 Å². The molecule has 1 aromatic rings. The average Bonchev–Trinajstić information content (AvgIpc) is 2.43. The van der Waals surface area contributed by atoms with Crippen LogP contribution in [0.15, 0.2) is 6.20 Å². The summed E-state index contributed by atoms with van der Waals surface area (Å²) in [7, 11) is 1.91. The maximum atomic E-state index is 5.83. The van der Waals surface area contributed by atoms with Crippen LogP contribution in [0.25, 0.3) is 0 Å². The Balaban J connectivity index is 2.44. The first-order chi connectivity index (χ1) is 6.25. The van der Waals surface area contributed by atoms with E-state index in [9.17, 15) is 0 Å². The van der Waals surface area contributed by atoms with Crippen LogP contribution in [0, 0.1) is 11.8 Å². The highest BCUT2D eigenvalue weighted by Gasteiger charge is 2.02. The molecule has 0 unspecified atom stereocenters. The molecule has 1 aromatic heterocycles. The van der Waals surface area contributed by atoms with Gasteiger partial charge in [-0.05, 0) is 6.92 Å². The zero-order valence-electron chi connectivity index (χ0n) is 7.67. The largest absolute Gasteiger partial charge is 0.322 e. The second kappa shape index (κ2) is 5.21. The van der Waals surface area contributed by atoms with Crippen molar-refractivity contribution in [3.8, 4) is 11.8 Å². The molecule has 0 aliphatic heterocycles. The van der Waals surface area contributed by atoms with Gasteiger partial charge >= 0.3 is 0 Å². The van der Waals surface area contributed by atoms with Crippen molar-refractivity contribution in [3.05, 3.63) is 17.2 Å². The molecule has 1 heterocycles. The van der Waals surface area contributed by atoms with Gasteiger partial charge in [-0.15, -0.1) is 17.7 Å². The van der Waals surface area contributed by atoms with Crippen molar-refractivity contribution in [2.24, 2.45) is 7.05 Å². The summed E-state index contributed by atoms with van der Waals surface area (Å²) in [6.07, 6.45) is 1.67. The predicted octanol–water partition coefficient (Wildman–Crippen LogP) is 2.33. The van der Waals surface area contributed by atoms with E-state index in [0.29, 0.717) is 5.15 Å². The Hall–Kier alpha value is -0.590. The summed E-state index contributed by atoms with van der Waals surface area (Å²) in [4.78, 5) is 4.17. The molecule has 0 atom stereocenters. The number of hydrogen-bond acceptors (Lipinski definition) is 2. The molecule has 4 heteroatoms. The topological polar surface area (TPSA) is 17.8 Å². The molecule has 0 bridgehead atoms. The van der Waals surface area contributed by atoms with Crippen molar-refractivity contribution in [2.75, 3.05) is 5.75 Å². The molecule has 0 saturated heterocycles. The number of imidazole rings is 1. The molecule has 2 nitrogen and oxygen atoms in total. The fraction of sp³-hybridized carbons (Fsp3) is 0.444. The zero-order valence-corrected chi connectivity index (χ0v) is 9.24. The maximum Gasteiger partial charge on any atom is 0.128 e. The van der Waals surface area contributed by atoms with Crippen LogP contribution in [-0.4, -0.2) is 15.3 Å². The molecule has 0 saturated carbocycles. The predicted molar refractivity (Wildman–Crippen MR) is 57.8 cm³/mol. The normalized spacial score (nSPS) is 9.46. The average molecular weight is 215 g/mol. The van der Waals surface area contributed by atoms with Gasteiger partial charge in [-0.3, -0.25) is 0 Å². The second-order valence-electron chi connectivity index (χ2n) is 2.48. The summed E-state index contributed by atoms with van der Waals surface area (Å²) < 4.78 is 1.88. The highest BCUT2D eigenvalue weighted by molar-refractivity contribution is 7.98. The lowest BCUT2D eigenvalue weighted by Crippen LogP contribution is -1.95. The standard InChI is InChI=1S/C9H11ClN2S/c1-3-4-5-13-7-9-11-6-8(10)12(9)2/h6H,5,7H2,1-2H3. The SMILES string of the molecule is CC#CCSCc1ncc(Cl)n1C. The van der Waals surface area contributed by atoms with Crippen molar-refractivity contribution < 1.29 is 0 Å². The van der Waals surface area contributed by atoms with Crippen LogP contribution in [0.4, 0.5) is 0 Å². The van der Waals surface area contributed by atoms with Gasteiger partial charge in [0.15, 0.2) is 0 Å². The summed E-state index contributed by atoms with van der Waals surface area (Å²) in [5.74, 6) is 8.54. The summed E-state index contributed by atoms with van der Waals surface area (Å²) in [6, 6.07) is 0. The molecule has 13 heavy (non-hydrogen) atoms. The van der Waals surface area contributed by atoms with Crippen LogP contribution < -0.4 is 0 Å². The van der Waals surface area contributed by atoms with E-state index in [1.54, 1.807) is 18.0 Å². The van der Waals surface area contributed by atoms with Crippen LogP contribution in [0.5, 0.6) is 0 Å². The molecule has 70 valence electrons. The highest BCUT2D eigenvalue weighted by Crippen LogP contribution is 2.14. The van der Waals surface area contributed by atoms with Crippen LogP contribution >= 0.6 is 23.4 Å². The van der Waals surface area contributed by atoms with Crippen LogP contribution in [0.2, 0.25) is 5.15 Å². The molecule has 0 fully saturated rings. The first kappa shape index (κ1) is 10.5. The molecular weight excluding hydrogens is 204 g/mol. The molecule has 0 aliphatic carbocycles. The fourth-order valence-corrected chi connectivity index (χ4v) is 1.77. The zero-order chi connectivity index (χ0) is 9.68. The minimum atomic E-state index is 0.678. The molecular formula is C9H11ClN2S. The monoisotopic (exact) mass is 214 g/mol. The van der Waals surface area contributed by atoms with Gasteiger partial charge in [0.25, 0.3) is 0 Å². The van der Waals surface area contributed by atoms with Gasteiger partial charge < -0.3 is 4.57 Å². The minimum Gasteiger partial charge on any atom is -0.322 e. The Bertz CT molecular complexity index is 335. The van der Waals surface area contributed by atoms with E-state index in [2.05, 4.69) is 16.8 Å². The van der Waals surface area contributed by atoms with Crippen molar-refractivity contribution >= 4 is 23.4 Å². The van der Waals surface area contributed by atoms with E-state index in [0.717, 1.165) is 17.3 Å². The van der Waals surface area contributed by atoms with Gasteiger partial charge in [-0.2, -0.15) is 0 Å². The number of aromatic nitrogens is 2. The molecule has 0 amide bonds. The summed E-state index contributed by atoms with van der Waals surface area (Å²) in [5.41, 5.74) is 0. The van der Waals surface area contributed by atoms with Gasteiger partial charge in [-0.25, -0.2) is 4.98 Å². The lowest BCUT2D eigenvalue weighted by Gasteiger charge is -1.99. The summed E-state index contributed by atoms with van der Waals surface area (Å²) >= 11 is 7.58. The maximum absolute atomic E-state index is 5.83. The van der Waals surface area contributed by atoms with Gasteiger partial charge in [0.1, 0.15) is 11.0 Å². The number of rotatable bonds is 3. The third-order valence-corrected chi connectivity index (χ3v) is 2.77. The smallest absolute Gasteiger partial charge is 0.128 e. The van der Waals surface area contributed by atoms with Crippen molar-refractivity contribution in [1.82, 2.24) is 9.55 Å². The number of nitrogens with zero attached hydrogens (tertiary/aromatic N) is 2. The third-order valence-electron chi connectivity index (χ3n) is 1.61. The number of thioether (sulfide) groups is 1. The van der Waals surface area contributed by atoms with E-state index >= 15 is 0 Å².